The molecule has 0 bridgehead atoms. The van der Waals surface area contributed by atoms with E-state index in [1.54, 1.807) is 50.8 Å². The van der Waals surface area contributed by atoms with Gasteiger partial charge in [-0.3, -0.25) is 14.6 Å². The fourth-order valence-corrected chi connectivity index (χ4v) is 14.6. The molecule has 4 aromatic rings. The molecule has 2 fully saturated rings. The summed E-state index contributed by atoms with van der Waals surface area (Å²) >= 11 is 15.5. The second-order valence-electron chi connectivity index (χ2n) is 21.1. The monoisotopic (exact) mass is 1300 g/mol. The number of ether oxygens (including phenoxy) is 4. The molecule has 2 saturated carbocycles. The number of carboxylic acid groups (broad SMARTS) is 1. The number of carboxylic acids is 1. The second-order valence-corrected chi connectivity index (χ2v) is 27.6. The Morgan fingerprint density at radius 1 is 0.753 bits per heavy atom. The van der Waals surface area contributed by atoms with Crippen LogP contribution in [0.3, 0.4) is 0 Å². The third-order valence-corrected chi connectivity index (χ3v) is 19.0. The van der Waals surface area contributed by atoms with E-state index in [4.69, 9.17) is 52.1 Å². The van der Waals surface area contributed by atoms with Gasteiger partial charge in [-0.15, -0.1) is 22.7 Å². The standard InChI is InChI=1S/C31H38ClFN4O8S2.C24H26ClFN4O6S2/c1-7-44-23(38)17-36(47(6,41)42)20-11-8-18(9-12-20)25-24(29(39)43-5)26(21-13-10-19(33)16-22(21)32)37(30(40)45-31(2,3)4)27(35-25)28-34-14-15-46-28;1-36-24(33)19-20(13-3-6-15(7-4-13)30(12-18(31)32)38(2,34)35)28-22(23-27-9-10-37-23)29-21(19)16-8-5-14(26)11-17(16)25/h10,13-16,18,20,26H,7-9,11-12,17H2,1-6H3;5,8-11,13,15,21H,3-4,6-7,12H2,1-2H3,(H,28,29)(H,31,32). The van der Waals surface area contributed by atoms with Crippen LogP contribution >= 0.6 is 45.9 Å². The number of sulfonamides is 2. The third kappa shape index (κ3) is 16.2. The SMILES string of the molecule is CCOC(=O)CN(C1CCC(C2=C(C(=O)OC)C(c3ccc(F)cc3Cl)N(C(=O)OC(C)(C)C)C(c3nccs3)=N2)CC1)S(C)(=O)=O.COC(=O)C1=C(C2CCC(N(CC(=O)O)S(C)(=O)=O)CC2)NC(c2nccs2)=NC1c1ccc(F)cc1Cl. The number of carbonyl (C=O) groups is 5. The second kappa shape index (κ2) is 28.1. The van der Waals surface area contributed by atoms with Gasteiger partial charge in [0.15, 0.2) is 21.7 Å². The highest BCUT2D eigenvalue weighted by Crippen LogP contribution is 2.47. The average Bonchev–Trinajstić information content (AvgIpc) is 1.55. The van der Waals surface area contributed by atoms with Crippen molar-refractivity contribution in [2.24, 2.45) is 21.8 Å². The Bertz CT molecular complexity index is 3510. The number of aliphatic imine (C=N–C) groups is 2. The van der Waals surface area contributed by atoms with Gasteiger partial charge in [0.1, 0.15) is 42.4 Å². The molecule has 2 atom stereocenters. The van der Waals surface area contributed by atoms with Gasteiger partial charge in [-0.2, -0.15) is 8.61 Å². The van der Waals surface area contributed by atoms with Crippen LogP contribution in [0.4, 0.5) is 13.6 Å². The lowest BCUT2D eigenvalue weighted by Gasteiger charge is -2.40. The quantitative estimate of drug-likeness (QED) is 0.0737. The number of carbonyl (C=O) groups excluding carboxylic acids is 4. The van der Waals surface area contributed by atoms with E-state index in [0.717, 1.165) is 33.3 Å². The van der Waals surface area contributed by atoms with E-state index in [-0.39, 0.29) is 45.1 Å². The maximum Gasteiger partial charge on any atom is 0.416 e. The summed E-state index contributed by atoms with van der Waals surface area (Å²) < 4.78 is 101. The smallest absolute Gasteiger partial charge is 0.416 e. The van der Waals surface area contributed by atoms with Gasteiger partial charge in [-0.25, -0.2) is 59.9 Å². The Morgan fingerprint density at radius 3 is 1.73 bits per heavy atom. The van der Waals surface area contributed by atoms with E-state index < -0.39 is 110 Å². The van der Waals surface area contributed by atoms with E-state index in [2.05, 4.69) is 15.3 Å². The van der Waals surface area contributed by atoms with Crippen molar-refractivity contribution < 1.29 is 73.6 Å². The predicted molar refractivity (Wildman–Crippen MR) is 314 cm³/mol. The fraction of sp³-hybridized carbons (Fsp3) is 0.473. The van der Waals surface area contributed by atoms with Crippen LogP contribution in [0.25, 0.3) is 0 Å². The molecule has 2 aliphatic carbocycles. The zero-order valence-electron chi connectivity index (χ0n) is 47.5. The van der Waals surface area contributed by atoms with Gasteiger partial charge < -0.3 is 29.4 Å². The number of benzene rings is 2. The van der Waals surface area contributed by atoms with Crippen LogP contribution in [0.5, 0.6) is 0 Å². The van der Waals surface area contributed by atoms with Crippen molar-refractivity contribution in [1.82, 2.24) is 28.8 Å². The first-order valence-corrected chi connectivity index (χ1v) is 32.9. The number of methoxy groups -OCH3 is 2. The summed E-state index contributed by atoms with van der Waals surface area (Å²) in [6.07, 6.45) is 7.50. The lowest BCUT2D eigenvalue weighted by atomic mass is 9.80. The van der Waals surface area contributed by atoms with Crippen molar-refractivity contribution in [2.45, 2.75) is 109 Å². The molecule has 85 heavy (non-hydrogen) atoms. The van der Waals surface area contributed by atoms with Gasteiger partial charge in [0.05, 0.1) is 50.2 Å². The Hall–Kier alpha value is -6.27. The summed E-state index contributed by atoms with van der Waals surface area (Å²) in [6.45, 7) is 5.80. The number of amidine groups is 2. The number of hydrogen-bond acceptors (Lipinski definition) is 20. The predicted octanol–water partition coefficient (Wildman–Crippen LogP) is 8.84. The number of aliphatic carboxylic acids is 1. The highest BCUT2D eigenvalue weighted by atomic mass is 35.5. The van der Waals surface area contributed by atoms with E-state index in [1.807, 2.05) is 0 Å². The molecule has 2 unspecified atom stereocenters. The Balaban J connectivity index is 0.000000249. The maximum atomic E-state index is 14.3. The number of amides is 1. The molecule has 2 N–H and O–H groups in total. The molecule has 2 aliphatic heterocycles. The summed E-state index contributed by atoms with van der Waals surface area (Å²) in [5, 5.41) is 17.0. The van der Waals surface area contributed by atoms with Crippen LogP contribution in [0.1, 0.15) is 112 Å². The highest BCUT2D eigenvalue weighted by molar-refractivity contribution is 7.88. The zero-order chi connectivity index (χ0) is 62.3. The van der Waals surface area contributed by atoms with Gasteiger partial charge in [0.2, 0.25) is 20.0 Å². The fourth-order valence-electron chi connectivity index (χ4n) is 10.7. The number of rotatable bonds is 17. The van der Waals surface area contributed by atoms with Crippen LogP contribution in [-0.2, 0) is 58.2 Å². The number of esters is 3. The summed E-state index contributed by atoms with van der Waals surface area (Å²) in [5.74, 6) is -4.56. The van der Waals surface area contributed by atoms with Crippen LogP contribution in [-0.4, -0.2) is 151 Å². The van der Waals surface area contributed by atoms with E-state index in [9.17, 15) is 54.7 Å². The topological polar surface area (TPSA) is 283 Å². The van der Waals surface area contributed by atoms with E-state index in [0.29, 0.717) is 84.2 Å². The Morgan fingerprint density at radius 2 is 1.26 bits per heavy atom. The first-order valence-electron chi connectivity index (χ1n) is 26.7. The summed E-state index contributed by atoms with van der Waals surface area (Å²) in [7, 11) is -5.05. The number of halogens is 4. The molecule has 2 aromatic carbocycles. The minimum absolute atomic E-state index is 0.00196. The first kappa shape index (κ1) is 66.3. The van der Waals surface area contributed by atoms with Crippen LogP contribution in [0, 0.1) is 23.5 Å². The van der Waals surface area contributed by atoms with E-state index >= 15 is 0 Å². The van der Waals surface area contributed by atoms with Gasteiger partial charge in [0.25, 0.3) is 0 Å². The zero-order valence-corrected chi connectivity index (χ0v) is 52.3. The van der Waals surface area contributed by atoms with Crippen molar-refractivity contribution in [3.63, 3.8) is 0 Å². The number of aromatic nitrogens is 2. The molecular weight excluding hydrogens is 1230 g/mol. The Kier molecular flexibility index (Phi) is 21.9. The van der Waals surface area contributed by atoms with Crippen molar-refractivity contribution in [1.29, 1.82) is 0 Å². The summed E-state index contributed by atoms with van der Waals surface area (Å²) in [4.78, 5) is 83.9. The van der Waals surface area contributed by atoms with Gasteiger partial charge in [0, 0.05) is 62.5 Å². The molecular formula is C55H64Cl2F2N8O14S4. The lowest BCUT2D eigenvalue weighted by Crippen LogP contribution is -2.48. The molecule has 0 radical (unpaired) electrons. The molecule has 460 valence electrons. The lowest BCUT2D eigenvalue weighted by molar-refractivity contribution is -0.144. The molecule has 30 heteroatoms. The normalized spacial score (nSPS) is 21.3. The summed E-state index contributed by atoms with van der Waals surface area (Å²) in [5.41, 5.74) is 0.780. The highest BCUT2D eigenvalue weighted by Gasteiger charge is 2.47. The minimum Gasteiger partial charge on any atom is -0.480 e. The first-order chi connectivity index (χ1) is 40.0. The third-order valence-electron chi connectivity index (χ3n) is 14.2. The van der Waals surface area contributed by atoms with Gasteiger partial charge >= 0.3 is 30.0 Å². The van der Waals surface area contributed by atoms with E-state index in [1.165, 1.54) is 66.1 Å². The van der Waals surface area contributed by atoms with Crippen LogP contribution < -0.4 is 5.32 Å². The average molecular weight is 1300 g/mol. The van der Waals surface area contributed by atoms with Crippen LogP contribution in [0.15, 0.2) is 92.1 Å². The van der Waals surface area contributed by atoms with Crippen molar-refractivity contribution in [2.75, 3.05) is 46.4 Å². The number of hydrogen-bond donors (Lipinski definition) is 2. The van der Waals surface area contributed by atoms with Crippen molar-refractivity contribution in [3.05, 3.63) is 125 Å². The molecule has 8 rings (SSSR count). The molecule has 22 nitrogen and oxygen atoms in total. The molecule has 4 aliphatic rings. The molecule has 0 saturated heterocycles. The van der Waals surface area contributed by atoms with Crippen molar-refractivity contribution in [3.8, 4) is 0 Å². The van der Waals surface area contributed by atoms with Gasteiger partial charge in [-0.05, 0) is 115 Å². The molecule has 0 spiro atoms. The Labute approximate surface area is 509 Å². The number of nitrogens with one attached hydrogen (secondary N) is 1. The molecule has 4 heterocycles. The number of thiazole rings is 2. The number of nitrogens with zero attached hydrogens (tertiary/aromatic N) is 7. The summed E-state index contributed by atoms with van der Waals surface area (Å²) in [6, 6.07) is 4.38. The van der Waals surface area contributed by atoms with Crippen LogP contribution in [0.2, 0.25) is 10.0 Å². The number of allylic oxidation sites excluding steroid dienone is 2. The molecule has 1 amide bonds. The maximum absolute atomic E-state index is 14.3. The molecule has 2 aromatic heterocycles. The van der Waals surface area contributed by atoms with Gasteiger partial charge in [-0.1, -0.05) is 35.3 Å². The van der Waals surface area contributed by atoms with Crippen molar-refractivity contribution >= 4 is 108 Å². The largest absolute Gasteiger partial charge is 0.480 e. The minimum atomic E-state index is -3.76.